The molecule has 1 aliphatic rings. The highest BCUT2D eigenvalue weighted by atomic mass is 35.5. The molecule has 1 fully saturated rings. The van der Waals surface area contributed by atoms with E-state index in [-0.39, 0.29) is 17.4 Å². The number of pyridine rings is 3. The molecular weight excluding hydrogens is 463 g/mol. The highest BCUT2D eigenvalue weighted by molar-refractivity contribution is 6.30. The van der Waals surface area contributed by atoms with Crippen LogP contribution in [0.25, 0.3) is 22.3 Å². The first kappa shape index (κ1) is 23.4. The first-order chi connectivity index (χ1) is 16.9. The maximum Gasteiger partial charge on any atom is 0.145 e. The number of nitrogens with zero attached hydrogens (tertiary/aromatic N) is 6. The molecule has 4 aromatic heterocycles. The third-order valence-electron chi connectivity index (χ3n) is 7.01. The Morgan fingerprint density at radius 2 is 2.00 bits per heavy atom. The molecule has 8 heteroatoms. The maximum atomic E-state index is 14.7. The maximum absolute atomic E-state index is 14.7. The minimum absolute atomic E-state index is 0.256. The van der Waals surface area contributed by atoms with E-state index in [1.807, 2.05) is 6.92 Å². The van der Waals surface area contributed by atoms with Gasteiger partial charge in [-0.2, -0.15) is 5.26 Å². The minimum Gasteiger partial charge on any atom is -0.325 e. The molecule has 6 nitrogen and oxygen atoms in total. The van der Waals surface area contributed by atoms with Gasteiger partial charge in [0.2, 0.25) is 0 Å². The number of rotatable bonds is 5. The molecule has 0 bridgehead atoms. The molecule has 0 radical (unpaired) electrons. The number of aromatic nitrogens is 5. The van der Waals surface area contributed by atoms with Gasteiger partial charge in [0.25, 0.3) is 0 Å². The second kappa shape index (κ2) is 9.71. The van der Waals surface area contributed by atoms with Gasteiger partial charge in [-0.05, 0) is 49.8 Å². The molecule has 1 unspecified atom stereocenters. The van der Waals surface area contributed by atoms with Gasteiger partial charge in [0.1, 0.15) is 23.4 Å². The Balaban J connectivity index is 1.73. The van der Waals surface area contributed by atoms with Crippen molar-refractivity contribution in [2.45, 2.75) is 52.0 Å². The van der Waals surface area contributed by atoms with Gasteiger partial charge < -0.3 is 4.57 Å². The number of hydrogen-bond donors (Lipinski definition) is 0. The van der Waals surface area contributed by atoms with Crippen molar-refractivity contribution < 1.29 is 4.39 Å². The lowest BCUT2D eigenvalue weighted by Gasteiger charge is -2.28. The zero-order valence-corrected chi connectivity index (χ0v) is 20.5. The summed E-state index contributed by atoms with van der Waals surface area (Å²) in [5, 5.41) is 10.1. The van der Waals surface area contributed by atoms with E-state index in [1.54, 1.807) is 36.8 Å². The predicted octanol–water partition coefficient (Wildman–Crippen LogP) is 6.53. The van der Waals surface area contributed by atoms with Crippen molar-refractivity contribution in [2.24, 2.45) is 11.8 Å². The highest BCUT2D eigenvalue weighted by Crippen LogP contribution is 2.36. The van der Waals surface area contributed by atoms with Gasteiger partial charge in [0, 0.05) is 36.8 Å². The molecule has 0 N–H and O–H groups in total. The number of hydrogen-bond acceptors (Lipinski definition) is 5. The second-order valence-corrected chi connectivity index (χ2v) is 9.96. The molecule has 0 saturated heterocycles. The normalized spacial score (nSPS) is 18.9. The second-order valence-electron chi connectivity index (χ2n) is 9.53. The standard InChI is InChI=1S/C27H26ClFN6/c1-16-5-7-18(8-6-16)15-35-26-23(34-27(35)17(2)24-22(29)4-3-9-32-24)11-21(12-30)33-25(26)19-10-20(28)14-31-13-19/h3-4,9-11,13-14,16-18H,5-8,15H2,1-2H3/t16-,17?,18-. The van der Waals surface area contributed by atoms with Crippen LogP contribution < -0.4 is 0 Å². The van der Waals surface area contributed by atoms with Crippen LogP contribution in [0.2, 0.25) is 5.02 Å². The van der Waals surface area contributed by atoms with Gasteiger partial charge >= 0.3 is 0 Å². The predicted molar refractivity (Wildman–Crippen MR) is 133 cm³/mol. The molecule has 5 rings (SSSR count). The Morgan fingerprint density at radius 1 is 1.20 bits per heavy atom. The Bertz CT molecular complexity index is 1420. The quantitative estimate of drug-likeness (QED) is 0.319. The lowest BCUT2D eigenvalue weighted by atomic mass is 9.83. The van der Waals surface area contributed by atoms with Crippen molar-refractivity contribution in [2.75, 3.05) is 0 Å². The summed E-state index contributed by atoms with van der Waals surface area (Å²) in [5.74, 6) is 1.18. The number of fused-ring (bicyclic) bond motifs is 1. The Kier molecular flexibility index (Phi) is 6.48. The van der Waals surface area contributed by atoms with Crippen molar-refractivity contribution in [1.82, 2.24) is 24.5 Å². The monoisotopic (exact) mass is 488 g/mol. The molecule has 0 amide bonds. The molecule has 4 aromatic rings. The molecule has 1 saturated carbocycles. The SMILES string of the molecule is CC(c1ncccc1F)c1nc2cc(C#N)nc(-c3cncc(Cl)c3)c2n1C[C@H]1CC[C@H](C)CC1. The van der Waals surface area contributed by atoms with Gasteiger partial charge in [-0.15, -0.1) is 0 Å². The van der Waals surface area contributed by atoms with Gasteiger partial charge in [-0.1, -0.05) is 31.4 Å². The van der Waals surface area contributed by atoms with Gasteiger partial charge in [-0.3, -0.25) is 9.97 Å². The number of imidazole rings is 1. The van der Waals surface area contributed by atoms with Crippen LogP contribution in [-0.2, 0) is 6.54 Å². The fourth-order valence-corrected chi connectivity index (χ4v) is 5.27. The third-order valence-corrected chi connectivity index (χ3v) is 7.21. The van der Waals surface area contributed by atoms with E-state index in [1.165, 1.54) is 18.9 Å². The summed E-state index contributed by atoms with van der Waals surface area (Å²) in [6.45, 7) is 4.97. The van der Waals surface area contributed by atoms with E-state index in [0.29, 0.717) is 39.2 Å². The smallest absolute Gasteiger partial charge is 0.145 e. The first-order valence-corrected chi connectivity index (χ1v) is 12.3. The molecule has 0 spiro atoms. The van der Waals surface area contributed by atoms with E-state index in [9.17, 15) is 9.65 Å². The van der Waals surface area contributed by atoms with Crippen molar-refractivity contribution in [3.05, 3.63) is 70.9 Å². The highest BCUT2D eigenvalue weighted by Gasteiger charge is 2.27. The van der Waals surface area contributed by atoms with Crippen molar-refractivity contribution >= 4 is 22.6 Å². The average molecular weight is 489 g/mol. The summed E-state index contributed by atoms with van der Waals surface area (Å²) >= 11 is 6.25. The summed E-state index contributed by atoms with van der Waals surface area (Å²) in [5.41, 5.74) is 3.37. The lowest BCUT2D eigenvalue weighted by molar-refractivity contribution is 0.264. The molecule has 178 valence electrons. The summed E-state index contributed by atoms with van der Waals surface area (Å²) in [6, 6.07) is 8.64. The minimum atomic E-state index is -0.387. The van der Waals surface area contributed by atoms with Gasteiger partial charge in [0.15, 0.2) is 0 Å². The van der Waals surface area contributed by atoms with Crippen LogP contribution in [0, 0.1) is 29.0 Å². The van der Waals surface area contributed by atoms with Gasteiger partial charge in [-0.25, -0.2) is 14.4 Å². The van der Waals surface area contributed by atoms with Crippen LogP contribution in [-0.4, -0.2) is 24.5 Å². The molecule has 4 heterocycles. The molecular formula is C27H26ClFN6. The third kappa shape index (κ3) is 4.63. The van der Waals surface area contributed by atoms with Crippen molar-refractivity contribution in [1.29, 1.82) is 5.26 Å². The summed E-state index contributed by atoms with van der Waals surface area (Å²) in [4.78, 5) is 18.1. The van der Waals surface area contributed by atoms with Crippen LogP contribution in [0.5, 0.6) is 0 Å². The molecule has 0 aromatic carbocycles. The van der Waals surface area contributed by atoms with Crippen LogP contribution in [0.1, 0.15) is 62.7 Å². The zero-order valence-electron chi connectivity index (χ0n) is 19.7. The Labute approximate surface area is 208 Å². The van der Waals surface area contributed by atoms with Crippen LogP contribution in [0.4, 0.5) is 4.39 Å². The van der Waals surface area contributed by atoms with E-state index in [0.717, 1.165) is 30.8 Å². The Morgan fingerprint density at radius 3 is 2.71 bits per heavy atom. The van der Waals surface area contributed by atoms with E-state index >= 15 is 0 Å². The Hall–Kier alpha value is -3.37. The molecule has 1 atom stereocenters. The van der Waals surface area contributed by atoms with E-state index in [4.69, 9.17) is 16.6 Å². The fourth-order valence-electron chi connectivity index (χ4n) is 5.10. The first-order valence-electron chi connectivity index (χ1n) is 12.0. The summed E-state index contributed by atoms with van der Waals surface area (Å²) < 4.78 is 16.9. The topological polar surface area (TPSA) is 80.3 Å². The summed E-state index contributed by atoms with van der Waals surface area (Å²) in [7, 11) is 0. The largest absolute Gasteiger partial charge is 0.325 e. The fraction of sp³-hybridized carbons (Fsp3) is 0.370. The van der Waals surface area contributed by atoms with E-state index < -0.39 is 0 Å². The summed E-state index contributed by atoms with van der Waals surface area (Å²) in [6.07, 6.45) is 9.50. The van der Waals surface area contributed by atoms with E-state index in [2.05, 4.69) is 32.5 Å². The average Bonchev–Trinajstić information content (AvgIpc) is 3.22. The van der Waals surface area contributed by atoms with Crippen LogP contribution in [0.3, 0.4) is 0 Å². The van der Waals surface area contributed by atoms with Gasteiger partial charge in [0.05, 0.1) is 33.4 Å². The van der Waals surface area contributed by atoms with Crippen LogP contribution >= 0.6 is 11.6 Å². The molecule has 35 heavy (non-hydrogen) atoms. The number of halogens is 2. The van der Waals surface area contributed by atoms with Crippen molar-refractivity contribution in [3.63, 3.8) is 0 Å². The molecule has 1 aliphatic carbocycles. The zero-order chi connectivity index (χ0) is 24.5. The molecule has 0 aliphatic heterocycles. The lowest BCUT2D eigenvalue weighted by Crippen LogP contribution is -2.20. The van der Waals surface area contributed by atoms with Crippen LogP contribution in [0.15, 0.2) is 42.9 Å². The van der Waals surface area contributed by atoms with Crippen molar-refractivity contribution in [3.8, 4) is 17.3 Å². The number of nitriles is 1.